The molecule has 0 saturated heterocycles. The van der Waals surface area contributed by atoms with Crippen LogP contribution in [-0.2, 0) is 0 Å². The molecule has 0 fully saturated rings. The average molecular weight is 260 g/mol. The Kier molecular flexibility index (Phi) is 4.49. The second-order valence-corrected chi connectivity index (χ2v) is 3.94. The number of hydrogen-bond acceptors (Lipinski definition) is 6. The van der Waals surface area contributed by atoms with Crippen LogP contribution in [0, 0.1) is 0 Å². The predicted octanol–water partition coefficient (Wildman–Crippen LogP) is 1.76. The van der Waals surface area contributed by atoms with Gasteiger partial charge in [0.15, 0.2) is 0 Å². The summed E-state index contributed by atoms with van der Waals surface area (Å²) in [6.45, 7) is 2.59. The van der Waals surface area contributed by atoms with Crippen molar-refractivity contribution >= 4 is 5.82 Å². The van der Waals surface area contributed by atoms with E-state index in [9.17, 15) is 0 Å². The van der Waals surface area contributed by atoms with E-state index in [1.807, 2.05) is 19.1 Å². The lowest BCUT2D eigenvalue weighted by atomic mass is 10.4. The van der Waals surface area contributed by atoms with Gasteiger partial charge < -0.3 is 14.8 Å². The van der Waals surface area contributed by atoms with E-state index in [0.717, 1.165) is 5.75 Å². The Bertz CT molecular complexity index is 507. The van der Waals surface area contributed by atoms with E-state index in [1.54, 1.807) is 25.6 Å². The van der Waals surface area contributed by atoms with E-state index in [4.69, 9.17) is 9.47 Å². The zero-order valence-corrected chi connectivity index (χ0v) is 10.9. The zero-order valence-electron chi connectivity index (χ0n) is 10.9. The highest BCUT2D eigenvalue weighted by Crippen LogP contribution is 2.12. The smallest absolute Gasteiger partial charge is 0.218 e. The number of pyridine rings is 1. The minimum atomic E-state index is -0.00911. The van der Waals surface area contributed by atoms with Crippen LogP contribution < -0.4 is 14.8 Å². The molecule has 2 aromatic rings. The van der Waals surface area contributed by atoms with Crippen molar-refractivity contribution in [3.63, 3.8) is 0 Å². The first-order chi connectivity index (χ1) is 9.28. The monoisotopic (exact) mass is 260 g/mol. The van der Waals surface area contributed by atoms with Gasteiger partial charge in [0.1, 0.15) is 24.0 Å². The summed E-state index contributed by atoms with van der Waals surface area (Å²) in [7, 11) is 1.57. The Hall–Kier alpha value is -2.37. The van der Waals surface area contributed by atoms with Crippen LogP contribution >= 0.6 is 0 Å². The molecule has 0 aliphatic heterocycles. The van der Waals surface area contributed by atoms with E-state index >= 15 is 0 Å². The number of methoxy groups -OCH3 is 1. The molecular weight excluding hydrogens is 244 g/mol. The number of hydrogen-bond donors (Lipinski definition) is 1. The highest BCUT2D eigenvalue weighted by Gasteiger charge is 2.05. The van der Waals surface area contributed by atoms with Gasteiger partial charge in [-0.05, 0) is 19.1 Å². The summed E-state index contributed by atoms with van der Waals surface area (Å²) in [5.74, 6) is 1.98. The lowest BCUT2D eigenvalue weighted by Gasteiger charge is -2.15. The van der Waals surface area contributed by atoms with Crippen LogP contribution in [0.3, 0.4) is 0 Å². The van der Waals surface area contributed by atoms with Gasteiger partial charge in [-0.15, -0.1) is 0 Å². The van der Waals surface area contributed by atoms with Gasteiger partial charge in [-0.3, -0.25) is 4.98 Å². The number of ether oxygens (including phenoxy) is 2. The van der Waals surface area contributed by atoms with Crippen molar-refractivity contribution in [1.82, 2.24) is 15.0 Å². The highest BCUT2D eigenvalue weighted by atomic mass is 16.5. The van der Waals surface area contributed by atoms with Gasteiger partial charge in [-0.1, -0.05) is 0 Å². The summed E-state index contributed by atoms with van der Waals surface area (Å²) in [4.78, 5) is 12.0. The third-order valence-corrected chi connectivity index (χ3v) is 2.39. The van der Waals surface area contributed by atoms with Crippen molar-refractivity contribution in [1.29, 1.82) is 0 Å². The summed E-state index contributed by atoms with van der Waals surface area (Å²) >= 11 is 0. The first-order valence-electron chi connectivity index (χ1n) is 5.94. The summed E-state index contributed by atoms with van der Waals surface area (Å²) in [5, 5.41) is 3.16. The van der Waals surface area contributed by atoms with Gasteiger partial charge in [-0.2, -0.15) is 0 Å². The average Bonchev–Trinajstić information content (AvgIpc) is 2.46. The molecule has 1 atom stereocenters. The molecule has 0 radical (unpaired) electrons. The summed E-state index contributed by atoms with van der Waals surface area (Å²) in [6, 6.07) is 5.44. The van der Waals surface area contributed by atoms with Crippen LogP contribution in [0.1, 0.15) is 6.92 Å². The van der Waals surface area contributed by atoms with Gasteiger partial charge >= 0.3 is 0 Å². The summed E-state index contributed by atoms with van der Waals surface area (Å²) in [5.41, 5.74) is 0. The molecule has 2 rings (SSSR count). The molecule has 0 aliphatic rings. The highest BCUT2D eigenvalue weighted by molar-refractivity contribution is 5.37. The van der Waals surface area contributed by atoms with Crippen LogP contribution in [0.25, 0.3) is 0 Å². The van der Waals surface area contributed by atoms with Crippen molar-refractivity contribution in [3.8, 4) is 11.6 Å². The third-order valence-electron chi connectivity index (χ3n) is 2.39. The maximum Gasteiger partial charge on any atom is 0.218 e. The van der Waals surface area contributed by atoms with E-state index in [-0.39, 0.29) is 6.10 Å². The molecule has 2 aromatic heterocycles. The van der Waals surface area contributed by atoms with E-state index < -0.39 is 0 Å². The van der Waals surface area contributed by atoms with Crippen molar-refractivity contribution in [2.24, 2.45) is 0 Å². The predicted molar refractivity (Wildman–Crippen MR) is 71.4 cm³/mol. The van der Waals surface area contributed by atoms with E-state index in [1.165, 1.54) is 6.33 Å². The third kappa shape index (κ3) is 4.09. The largest absolute Gasteiger partial charge is 0.487 e. The van der Waals surface area contributed by atoms with Gasteiger partial charge in [0.05, 0.1) is 19.9 Å². The number of anilines is 1. The lowest BCUT2D eigenvalue weighted by Crippen LogP contribution is -2.23. The zero-order chi connectivity index (χ0) is 13.5. The van der Waals surface area contributed by atoms with Crippen molar-refractivity contribution < 1.29 is 9.47 Å². The molecule has 0 amide bonds. The van der Waals surface area contributed by atoms with Crippen LogP contribution in [0.4, 0.5) is 5.82 Å². The van der Waals surface area contributed by atoms with Crippen LogP contribution in [0.5, 0.6) is 11.6 Å². The van der Waals surface area contributed by atoms with Gasteiger partial charge in [0.25, 0.3) is 0 Å². The molecule has 0 aromatic carbocycles. The first-order valence-corrected chi connectivity index (χ1v) is 5.94. The normalized spacial score (nSPS) is 11.7. The molecule has 2 heterocycles. The van der Waals surface area contributed by atoms with E-state index in [2.05, 4.69) is 20.3 Å². The lowest BCUT2D eigenvalue weighted by molar-refractivity contribution is 0.233. The standard InChI is InChI=1S/C13H16N4O2/c1-10(19-11-4-3-5-14-8-11)7-15-12-6-13(18-2)17-9-16-12/h3-6,8-10H,7H2,1-2H3,(H,15,16,17)/t10-/m0/s1. The fraction of sp³-hybridized carbons (Fsp3) is 0.308. The molecule has 19 heavy (non-hydrogen) atoms. The Morgan fingerprint density at radius 1 is 1.37 bits per heavy atom. The summed E-state index contributed by atoms with van der Waals surface area (Å²) < 4.78 is 10.7. The Labute approximate surface area is 111 Å². The van der Waals surface area contributed by atoms with E-state index in [0.29, 0.717) is 18.2 Å². The molecule has 0 bridgehead atoms. The molecule has 6 nitrogen and oxygen atoms in total. The maximum atomic E-state index is 5.69. The number of nitrogens with one attached hydrogen (secondary N) is 1. The number of rotatable bonds is 6. The molecule has 100 valence electrons. The fourth-order valence-electron chi connectivity index (χ4n) is 1.49. The number of aromatic nitrogens is 3. The molecule has 0 aliphatic carbocycles. The first kappa shape index (κ1) is 13.1. The molecule has 0 unspecified atom stereocenters. The second-order valence-electron chi connectivity index (χ2n) is 3.94. The second kappa shape index (κ2) is 6.53. The Morgan fingerprint density at radius 2 is 2.26 bits per heavy atom. The maximum absolute atomic E-state index is 5.69. The minimum Gasteiger partial charge on any atom is -0.487 e. The SMILES string of the molecule is COc1cc(NC[C@H](C)Oc2cccnc2)ncn1. The van der Waals surface area contributed by atoms with Gasteiger partial charge in [0.2, 0.25) is 5.88 Å². The number of nitrogens with zero attached hydrogens (tertiary/aromatic N) is 3. The molecular formula is C13H16N4O2. The van der Waals surface area contributed by atoms with Gasteiger partial charge in [-0.25, -0.2) is 9.97 Å². The van der Waals surface area contributed by atoms with Crippen LogP contribution in [-0.4, -0.2) is 34.7 Å². The fourth-order valence-corrected chi connectivity index (χ4v) is 1.49. The summed E-state index contributed by atoms with van der Waals surface area (Å²) in [6.07, 6.45) is 4.84. The van der Waals surface area contributed by atoms with Crippen molar-refractivity contribution in [2.75, 3.05) is 19.0 Å². The van der Waals surface area contributed by atoms with Crippen LogP contribution in [0.2, 0.25) is 0 Å². The molecule has 0 spiro atoms. The quantitative estimate of drug-likeness (QED) is 0.853. The Balaban J connectivity index is 1.84. The topological polar surface area (TPSA) is 69.2 Å². The molecule has 0 saturated carbocycles. The van der Waals surface area contributed by atoms with Crippen molar-refractivity contribution in [3.05, 3.63) is 36.9 Å². The minimum absolute atomic E-state index is 0.00911. The molecule has 6 heteroatoms. The van der Waals surface area contributed by atoms with Gasteiger partial charge in [0, 0.05) is 12.3 Å². The Morgan fingerprint density at radius 3 is 3.00 bits per heavy atom. The molecule has 1 N–H and O–H groups in total. The van der Waals surface area contributed by atoms with Crippen molar-refractivity contribution in [2.45, 2.75) is 13.0 Å². The van der Waals surface area contributed by atoms with Crippen LogP contribution in [0.15, 0.2) is 36.9 Å².